The smallest absolute Gasteiger partial charge is 0.335 e. The van der Waals surface area contributed by atoms with Gasteiger partial charge in [-0.1, -0.05) is 34.5 Å². The van der Waals surface area contributed by atoms with Crippen LogP contribution in [0.3, 0.4) is 0 Å². The molecule has 3 aromatic carbocycles. The van der Waals surface area contributed by atoms with Gasteiger partial charge in [0.1, 0.15) is 11.5 Å². The topological polar surface area (TPSA) is 139 Å². The normalized spacial score (nSPS) is 10.7. The van der Waals surface area contributed by atoms with Crippen LogP contribution in [0.4, 0.5) is 5.69 Å². The molecule has 0 atom stereocenters. The van der Waals surface area contributed by atoms with Gasteiger partial charge in [-0.2, -0.15) is 5.21 Å². The van der Waals surface area contributed by atoms with Crippen LogP contribution in [0.5, 0.6) is 11.5 Å². The van der Waals surface area contributed by atoms with E-state index < -0.39 is 11.9 Å². The zero-order valence-corrected chi connectivity index (χ0v) is 18.2. The number of nitrogens with zero attached hydrogens (tertiary/aromatic N) is 3. The van der Waals surface area contributed by atoms with Crippen molar-refractivity contribution >= 4 is 51.5 Å². The zero-order chi connectivity index (χ0) is 23.4. The van der Waals surface area contributed by atoms with Crippen molar-refractivity contribution in [1.29, 1.82) is 0 Å². The van der Waals surface area contributed by atoms with Crippen LogP contribution in [-0.4, -0.2) is 44.2 Å². The van der Waals surface area contributed by atoms with E-state index in [2.05, 4.69) is 25.9 Å². The van der Waals surface area contributed by atoms with Gasteiger partial charge in [-0.25, -0.2) is 4.79 Å². The van der Waals surface area contributed by atoms with E-state index in [1.165, 1.54) is 18.2 Å². The van der Waals surface area contributed by atoms with Gasteiger partial charge in [-0.3, -0.25) is 4.79 Å². The molecule has 33 heavy (non-hydrogen) atoms. The van der Waals surface area contributed by atoms with E-state index in [0.29, 0.717) is 33.1 Å². The van der Waals surface area contributed by atoms with Crippen molar-refractivity contribution in [3.05, 3.63) is 70.0 Å². The second-order valence-electron chi connectivity index (χ2n) is 6.75. The molecule has 0 spiro atoms. The number of carbonyl (C=O) groups excluding carboxylic acids is 1. The first-order valence-electron chi connectivity index (χ1n) is 9.43. The number of H-pyrrole nitrogens is 1. The maximum Gasteiger partial charge on any atom is 0.335 e. The van der Waals surface area contributed by atoms with Gasteiger partial charge in [0.15, 0.2) is 13.2 Å². The Morgan fingerprint density at radius 3 is 2.70 bits per heavy atom. The number of aromatic nitrogens is 4. The molecule has 0 aliphatic heterocycles. The molecule has 0 fully saturated rings. The number of carboxylic acids is 1. The average molecular weight is 488 g/mol. The van der Waals surface area contributed by atoms with Gasteiger partial charge in [0.05, 0.1) is 10.6 Å². The number of rotatable bonds is 8. The van der Waals surface area contributed by atoms with Crippen molar-refractivity contribution in [2.75, 3.05) is 11.9 Å². The van der Waals surface area contributed by atoms with Crippen molar-refractivity contribution in [2.45, 2.75) is 6.61 Å². The Balaban J connectivity index is 1.46. The number of anilines is 1. The van der Waals surface area contributed by atoms with Gasteiger partial charge in [0, 0.05) is 22.2 Å². The van der Waals surface area contributed by atoms with Gasteiger partial charge in [-0.05, 0) is 41.8 Å². The Hall–Kier alpha value is -3.89. The summed E-state index contributed by atoms with van der Waals surface area (Å²) in [5.41, 5.74) is 0.450. The molecule has 1 heterocycles. The average Bonchev–Trinajstić information content (AvgIpc) is 3.29. The molecular weight excluding hydrogens is 473 g/mol. The second-order valence-corrected chi connectivity index (χ2v) is 7.59. The van der Waals surface area contributed by atoms with Gasteiger partial charge >= 0.3 is 5.97 Å². The molecule has 4 rings (SSSR count). The summed E-state index contributed by atoms with van der Waals surface area (Å²) in [6, 6.07) is 12.5. The lowest BCUT2D eigenvalue weighted by Gasteiger charge is -2.13. The summed E-state index contributed by atoms with van der Waals surface area (Å²) >= 11 is 12.3. The molecule has 4 aromatic rings. The standard InChI is InChI=1S/C21H15Cl2N5O5/c22-13-5-11-4-12(21(30)31)6-17(20(11)16(23)7-13)33-10-19(29)24-14-2-1-3-15(8-14)32-9-18-25-27-28-26-18/h1-8H,9-10H2,(H,24,29)(H,30,31)(H,25,26,27,28). The third kappa shape index (κ3) is 5.48. The third-order valence-corrected chi connectivity index (χ3v) is 4.93. The first kappa shape index (κ1) is 22.3. The van der Waals surface area contributed by atoms with E-state index in [1.807, 2.05) is 0 Å². The summed E-state index contributed by atoms with van der Waals surface area (Å²) in [6.45, 7) is -0.278. The number of tetrazole rings is 1. The number of halogens is 2. The predicted octanol–water partition coefficient (Wildman–Crippen LogP) is 3.95. The lowest BCUT2D eigenvalue weighted by molar-refractivity contribution is -0.118. The van der Waals surface area contributed by atoms with Gasteiger partial charge < -0.3 is 19.9 Å². The first-order chi connectivity index (χ1) is 15.9. The summed E-state index contributed by atoms with van der Waals surface area (Å²) < 4.78 is 11.2. The molecule has 3 N–H and O–H groups in total. The fraction of sp³-hybridized carbons (Fsp3) is 0.0952. The van der Waals surface area contributed by atoms with Crippen molar-refractivity contribution in [1.82, 2.24) is 20.6 Å². The van der Waals surface area contributed by atoms with Crippen LogP contribution < -0.4 is 14.8 Å². The molecule has 0 aliphatic carbocycles. The quantitative estimate of drug-likeness (QED) is 0.339. The third-order valence-electron chi connectivity index (χ3n) is 4.41. The monoisotopic (exact) mass is 487 g/mol. The molecule has 10 nitrogen and oxygen atoms in total. The summed E-state index contributed by atoms with van der Waals surface area (Å²) in [5.74, 6) is -0.598. The minimum absolute atomic E-state index is 0.0253. The zero-order valence-electron chi connectivity index (χ0n) is 16.7. The van der Waals surface area contributed by atoms with Crippen LogP contribution >= 0.6 is 23.2 Å². The summed E-state index contributed by atoms with van der Waals surface area (Å²) in [4.78, 5) is 23.9. The molecule has 0 unspecified atom stereocenters. The number of benzene rings is 3. The molecule has 1 aromatic heterocycles. The maximum atomic E-state index is 12.5. The van der Waals surface area contributed by atoms with E-state index in [-0.39, 0.29) is 29.5 Å². The van der Waals surface area contributed by atoms with Gasteiger partial charge in [0.2, 0.25) is 5.82 Å². The van der Waals surface area contributed by atoms with E-state index in [1.54, 1.807) is 30.3 Å². The lowest BCUT2D eigenvalue weighted by atomic mass is 10.1. The Morgan fingerprint density at radius 1 is 1.09 bits per heavy atom. The fourth-order valence-electron chi connectivity index (χ4n) is 3.02. The Labute approximate surface area is 196 Å². The van der Waals surface area contributed by atoms with E-state index in [4.69, 9.17) is 32.7 Å². The van der Waals surface area contributed by atoms with Crippen molar-refractivity contribution in [2.24, 2.45) is 0 Å². The van der Waals surface area contributed by atoms with Crippen LogP contribution in [0, 0.1) is 0 Å². The number of ether oxygens (including phenoxy) is 2. The van der Waals surface area contributed by atoms with Gasteiger partial charge in [-0.15, -0.1) is 10.2 Å². The molecule has 168 valence electrons. The van der Waals surface area contributed by atoms with Crippen LogP contribution in [0.1, 0.15) is 16.2 Å². The Morgan fingerprint density at radius 2 is 1.94 bits per heavy atom. The fourth-order valence-corrected chi connectivity index (χ4v) is 3.63. The van der Waals surface area contributed by atoms with Crippen molar-refractivity contribution in [3.8, 4) is 11.5 Å². The van der Waals surface area contributed by atoms with E-state index >= 15 is 0 Å². The number of aromatic amines is 1. The van der Waals surface area contributed by atoms with Crippen LogP contribution in [0.25, 0.3) is 10.8 Å². The SMILES string of the molecule is O=C(COc1cc(C(=O)O)cc2cc(Cl)cc(Cl)c12)Nc1cccc(OCc2nn[nH]n2)c1. The van der Waals surface area contributed by atoms with Crippen LogP contribution in [0.2, 0.25) is 10.0 Å². The van der Waals surface area contributed by atoms with Crippen molar-refractivity contribution in [3.63, 3.8) is 0 Å². The van der Waals surface area contributed by atoms with Crippen LogP contribution in [-0.2, 0) is 11.4 Å². The summed E-state index contributed by atoms with van der Waals surface area (Å²) in [5, 5.41) is 27.0. The number of carbonyl (C=O) groups is 2. The largest absolute Gasteiger partial charge is 0.485 e. The molecular formula is C21H15Cl2N5O5. The minimum atomic E-state index is -1.15. The second kappa shape index (κ2) is 9.72. The lowest BCUT2D eigenvalue weighted by Crippen LogP contribution is -2.20. The van der Waals surface area contributed by atoms with Gasteiger partial charge in [0.25, 0.3) is 5.91 Å². The number of aromatic carboxylic acids is 1. The highest BCUT2D eigenvalue weighted by Crippen LogP contribution is 2.36. The molecule has 12 heteroatoms. The minimum Gasteiger partial charge on any atom is -0.485 e. The first-order valence-corrected chi connectivity index (χ1v) is 10.2. The molecule has 0 saturated heterocycles. The number of fused-ring (bicyclic) bond motifs is 1. The number of hydrogen-bond donors (Lipinski definition) is 3. The number of hydrogen-bond acceptors (Lipinski definition) is 7. The molecule has 0 saturated carbocycles. The van der Waals surface area contributed by atoms with E-state index in [9.17, 15) is 14.7 Å². The number of nitrogens with one attached hydrogen (secondary N) is 2. The molecule has 1 amide bonds. The highest BCUT2D eigenvalue weighted by molar-refractivity contribution is 6.39. The maximum absolute atomic E-state index is 12.5. The molecule has 0 aliphatic rings. The highest BCUT2D eigenvalue weighted by Gasteiger charge is 2.15. The summed E-state index contributed by atoms with van der Waals surface area (Å²) in [7, 11) is 0. The van der Waals surface area contributed by atoms with Crippen molar-refractivity contribution < 1.29 is 24.2 Å². The Kier molecular flexibility index (Phi) is 6.57. The van der Waals surface area contributed by atoms with E-state index in [0.717, 1.165) is 0 Å². The highest BCUT2D eigenvalue weighted by atomic mass is 35.5. The number of amides is 1. The Bertz CT molecular complexity index is 1330. The molecule has 0 radical (unpaired) electrons. The summed E-state index contributed by atoms with van der Waals surface area (Å²) in [6.07, 6.45) is 0. The van der Waals surface area contributed by atoms with Crippen LogP contribution in [0.15, 0.2) is 48.5 Å². The molecule has 0 bridgehead atoms. The number of carboxylic acid groups (broad SMARTS) is 1. The predicted molar refractivity (Wildman–Crippen MR) is 120 cm³/mol.